The highest BCUT2D eigenvalue weighted by Crippen LogP contribution is 2.27. The number of fused-ring (bicyclic) bond motifs is 1. The second-order valence-corrected chi connectivity index (χ2v) is 4.02. The van der Waals surface area contributed by atoms with E-state index in [2.05, 4.69) is 23.2 Å². The molecule has 2 heteroatoms. The molecule has 0 atom stereocenters. The van der Waals surface area contributed by atoms with Gasteiger partial charge in [-0.25, -0.2) is 0 Å². The standard InChI is InChI=1S/C14H12N2/c15-13-8-10-4-5-11(7-12(10)9-13)14-3-1-2-6-16-14/h1-7,9H,8,15H2. The van der Waals surface area contributed by atoms with Crippen LogP contribution in [0.1, 0.15) is 11.1 Å². The second kappa shape index (κ2) is 3.49. The Morgan fingerprint density at radius 2 is 2.06 bits per heavy atom. The summed E-state index contributed by atoms with van der Waals surface area (Å²) in [5.41, 5.74) is 11.4. The molecule has 16 heavy (non-hydrogen) atoms. The molecule has 78 valence electrons. The fourth-order valence-electron chi connectivity index (χ4n) is 2.05. The molecule has 1 heterocycles. The van der Waals surface area contributed by atoms with Crippen LogP contribution in [-0.4, -0.2) is 4.98 Å². The summed E-state index contributed by atoms with van der Waals surface area (Å²) in [5, 5.41) is 0. The van der Waals surface area contributed by atoms with Gasteiger partial charge in [0.25, 0.3) is 0 Å². The summed E-state index contributed by atoms with van der Waals surface area (Å²) in [5.74, 6) is 0. The number of aromatic nitrogens is 1. The van der Waals surface area contributed by atoms with E-state index in [-0.39, 0.29) is 0 Å². The van der Waals surface area contributed by atoms with Crippen LogP contribution < -0.4 is 5.73 Å². The van der Waals surface area contributed by atoms with Gasteiger partial charge in [-0.15, -0.1) is 0 Å². The van der Waals surface area contributed by atoms with E-state index in [0.717, 1.165) is 23.4 Å². The third-order valence-electron chi connectivity index (χ3n) is 2.84. The average Bonchev–Trinajstić information content (AvgIpc) is 2.69. The van der Waals surface area contributed by atoms with Crippen LogP contribution in [0.4, 0.5) is 0 Å². The number of nitrogens with two attached hydrogens (primary N) is 1. The third-order valence-corrected chi connectivity index (χ3v) is 2.84. The minimum absolute atomic E-state index is 0.873. The molecule has 0 bridgehead atoms. The van der Waals surface area contributed by atoms with E-state index >= 15 is 0 Å². The lowest BCUT2D eigenvalue weighted by atomic mass is 10.0. The number of rotatable bonds is 1. The fourth-order valence-corrected chi connectivity index (χ4v) is 2.05. The molecule has 0 saturated carbocycles. The molecule has 3 rings (SSSR count). The molecule has 2 nitrogen and oxygen atoms in total. The minimum atomic E-state index is 0.873. The molecule has 0 fully saturated rings. The van der Waals surface area contributed by atoms with Crippen molar-refractivity contribution in [3.63, 3.8) is 0 Å². The van der Waals surface area contributed by atoms with Crippen LogP contribution in [0.2, 0.25) is 0 Å². The molecular weight excluding hydrogens is 196 g/mol. The number of allylic oxidation sites excluding steroid dienone is 1. The van der Waals surface area contributed by atoms with Gasteiger partial charge in [-0.3, -0.25) is 4.98 Å². The third kappa shape index (κ3) is 1.48. The zero-order valence-electron chi connectivity index (χ0n) is 8.85. The van der Waals surface area contributed by atoms with Crippen molar-refractivity contribution in [2.24, 2.45) is 5.73 Å². The lowest BCUT2D eigenvalue weighted by Crippen LogP contribution is -1.94. The first kappa shape index (κ1) is 9.16. The Labute approximate surface area is 94.4 Å². The predicted octanol–water partition coefficient (Wildman–Crippen LogP) is 2.60. The van der Waals surface area contributed by atoms with Crippen LogP contribution in [0.5, 0.6) is 0 Å². The monoisotopic (exact) mass is 208 g/mol. The summed E-state index contributed by atoms with van der Waals surface area (Å²) >= 11 is 0. The van der Waals surface area contributed by atoms with Crippen LogP contribution >= 0.6 is 0 Å². The quantitative estimate of drug-likeness (QED) is 0.782. The van der Waals surface area contributed by atoms with E-state index in [1.165, 1.54) is 11.1 Å². The number of benzene rings is 1. The van der Waals surface area contributed by atoms with Crippen molar-refractivity contribution in [1.82, 2.24) is 4.98 Å². The van der Waals surface area contributed by atoms with Gasteiger partial charge in [0.1, 0.15) is 0 Å². The van der Waals surface area contributed by atoms with Gasteiger partial charge in [-0.05, 0) is 35.4 Å². The van der Waals surface area contributed by atoms with Crippen LogP contribution in [0.25, 0.3) is 17.3 Å². The fraction of sp³-hybridized carbons (Fsp3) is 0.0714. The van der Waals surface area contributed by atoms with Crippen molar-refractivity contribution in [3.8, 4) is 11.3 Å². The molecule has 0 amide bonds. The summed E-state index contributed by atoms with van der Waals surface area (Å²) in [6, 6.07) is 12.3. The molecule has 0 aliphatic heterocycles. The van der Waals surface area contributed by atoms with Gasteiger partial charge in [-0.2, -0.15) is 0 Å². The van der Waals surface area contributed by atoms with Crippen molar-refractivity contribution < 1.29 is 0 Å². The average molecular weight is 208 g/mol. The van der Waals surface area contributed by atoms with Crippen molar-refractivity contribution in [2.75, 3.05) is 0 Å². The van der Waals surface area contributed by atoms with Crippen molar-refractivity contribution in [3.05, 3.63) is 59.4 Å². The normalized spacial score (nSPS) is 13.4. The highest BCUT2D eigenvalue weighted by Gasteiger charge is 2.11. The van der Waals surface area contributed by atoms with E-state index in [4.69, 9.17) is 5.73 Å². The van der Waals surface area contributed by atoms with E-state index in [1.807, 2.05) is 30.5 Å². The summed E-state index contributed by atoms with van der Waals surface area (Å²) in [7, 11) is 0. The van der Waals surface area contributed by atoms with Gasteiger partial charge < -0.3 is 5.73 Å². The van der Waals surface area contributed by atoms with Crippen molar-refractivity contribution in [2.45, 2.75) is 6.42 Å². The Balaban J connectivity index is 2.08. The van der Waals surface area contributed by atoms with Crippen LogP contribution in [0, 0.1) is 0 Å². The van der Waals surface area contributed by atoms with Crippen LogP contribution in [-0.2, 0) is 6.42 Å². The molecule has 2 aromatic rings. The maximum atomic E-state index is 5.82. The molecule has 0 saturated heterocycles. The van der Waals surface area contributed by atoms with Gasteiger partial charge in [-0.1, -0.05) is 18.2 Å². The molecule has 1 aliphatic carbocycles. The molecular formula is C14H12N2. The lowest BCUT2D eigenvalue weighted by molar-refractivity contribution is 1.16. The van der Waals surface area contributed by atoms with Gasteiger partial charge in [0.05, 0.1) is 5.69 Å². The van der Waals surface area contributed by atoms with Crippen LogP contribution in [0.15, 0.2) is 48.3 Å². The number of nitrogens with zero attached hydrogens (tertiary/aromatic N) is 1. The number of pyridine rings is 1. The first-order valence-electron chi connectivity index (χ1n) is 5.33. The maximum absolute atomic E-state index is 5.82. The van der Waals surface area contributed by atoms with Crippen molar-refractivity contribution in [1.29, 1.82) is 0 Å². The molecule has 0 unspecified atom stereocenters. The Hall–Kier alpha value is -2.09. The Morgan fingerprint density at radius 1 is 1.12 bits per heavy atom. The van der Waals surface area contributed by atoms with Crippen molar-refractivity contribution >= 4 is 6.08 Å². The first-order chi connectivity index (χ1) is 7.83. The molecule has 2 N–H and O–H groups in total. The maximum Gasteiger partial charge on any atom is 0.0702 e. The molecule has 1 aromatic carbocycles. The second-order valence-electron chi connectivity index (χ2n) is 4.02. The highest BCUT2D eigenvalue weighted by atomic mass is 14.7. The number of hydrogen-bond acceptors (Lipinski definition) is 2. The number of hydrogen-bond donors (Lipinski definition) is 1. The SMILES string of the molecule is NC1=Cc2cc(-c3ccccn3)ccc2C1. The molecule has 1 aliphatic rings. The van der Waals surface area contributed by atoms with E-state index in [9.17, 15) is 0 Å². The van der Waals surface area contributed by atoms with Gasteiger partial charge >= 0.3 is 0 Å². The predicted molar refractivity (Wildman–Crippen MR) is 65.5 cm³/mol. The summed E-state index contributed by atoms with van der Waals surface area (Å²) in [4.78, 5) is 4.34. The Kier molecular flexibility index (Phi) is 2.00. The highest BCUT2D eigenvalue weighted by molar-refractivity contribution is 5.70. The van der Waals surface area contributed by atoms with Crippen LogP contribution in [0.3, 0.4) is 0 Å². The van der Waals surface area contributed by atoms with E-state index in [0.29, 0.717) is 0 Å². The van der Waals surface area contributed by atoms with Gasteiger partial charge in [0.2, 0.25) is 0 Å². The zero-order chi connectivity index (χ0) is 11.0. The zero-order valence-corrected chi connectivity index (χ0v) is 8.85. The Morgan fingerprint density at radius 3 is 2.88 bits per heavy atom. The minimum Gasteiger partial charge on any atom is -0.402 e. The van der Waals surface area contributed by atoms with E-state index in [1.54, 1.807) is 0 Å². The topological polar surface area (TPSA) is 38.9 Å². The smallest absolute Gasteiger partial charge is 0.0702 e. The summed E-state index contributed by atoms with van der Waals surface area (Å²) in [6.45, 7) is 0. The van der Waals surface area contributed by atoms with E-state index < -0.39 is 0 Å². The Bertz CT molecular complexity index is 556. The summed E-state index contributed by atoms with van der Waals surface area (Å²) in [6.07, 6.45) is 4.73. The first-order valence-corrected chi connectivity index (χ1v) is 5.33. The largest absolute Gasteiger partial charge is 0.402 e. The molecule has 0 radical (unpaired) electrons. The lowest BCUT2D eigenvalue weighted by Gasteiger charge is -2.03. The van der Waals surface area contributed by atoms with Gasteiger partial charge in [0, 0.05) is 23.9 Å². The molecule has 1 aromatic heterocycles. The summed E-state index contributed by atoms with van der Waals surface area (Å²) < 4.78 is 0. The van der Waals surface area contributed by atoms with Gasteiger partial charge in [0.15, 0.2) is 0 Å². The molecule has 0 spiro atoms.